The van der Waals surface area contributed by atoms with E-state index in [2.05, 4.69) is 30.2 Å². The lowest BCUT2D eigenvalue weighted by molar-refractivity contribution is 0.496. The summed E-state index contributed by atoms with van der Waals surface area (Å²) < 4.78 is 0. The van der Waals surface area contributed by atoms with E-state index in [1.807, 2.05) is 18.5 Å². The monoisotopic (exact) mass is 177 g/mol. The minimum Gasteiger partial charge on any atom is -0.382 e. The van der Waals surface area contributed by atoms with E-state index in [1.54, 1.807) is 0 Å². The molecule has 0 saturated carbocycles. The summed E-state index contributed by atoms with van der Waals surface area (Å²) in [5.41, 5.74) is 1.04. The number of aromatic amines is 1. The average Bonchev–Trinajstić information content (AvgIpc) is 2.57. The topological polar surface area (TPSA) is 51.6 Å². The first-order chi connectivity index (χ1) is 6.24. The molecule has 1 atom stereocenters. The van der Waals surface area contributed by atoms with Gasteiger partial charge < -0.3 is 10.3 Å². The molecule has 0 aliphatic heterocycles. The molecular formula is C10H15N3. The number of nitrogens with zero attached hydrogens (tertiary/aromatic N) is 1. The molecule has 1 rings (SSSR count). The predicted octanol–water partition coefficient (Wildman–Crippen LogP) is 2.22. The van der Waals surface area contributed by atoms with Crippen LogP contribution in [0, 0.1) is 23.2 Å². The Hall–Kier alpha value is -1.43. The number of nitrogens with one attached hydrogen (secondary N) is 2. The summed E-state index contributed by atoms with van der Waals surface area (Å²) in [7, 11) is 0. The maximum Gasteiger partial charge on any atom is 0.0677 e. The van der Waals surface area contributed by atoms with Crippen LogP contribution in [-0.4, -0.2) is 11.5 Å². The summed E-state index contributed by atoms with van der Waals surface area (Å²) in [5.74, 6) is 0.478. The third-order valence-electron chi connectivity index (χ3n) is 2.09. The molecule has 0 spiro atoms. The molecule has 70 valence electrons. The average molecular weight is 177 g/mol. The highest BCUT2D eigenvalue weighted by Crippen LogP contribution is 2.11. The van der Waals surface area contributed by atoms with Crippen LogP contribution < -0.4 is 5.32 Å². The van der Waals surface area contributed by atoms with Crippen molar-refractivity contribution in [1.29, 1.82) is 5.26 Å². The van der Waals surface area contributed by atoms with Gasteiger partial charge in [-0.25, -0.2) is 0 Å². The van der Waals surface area contributed by atoms with Gasteiger partial charge in [0.2, 0.25) is 0 Å². The van der Waals surface area contributed by atoms with Crippen molar-refractivity contribution < 1.29 is 0 Å². The van der Waals surface area contributed by atoms with E-state index in [0.717, 1.165) is 5.69 Å². The quantitative estimate of drug-likeness (QED) is 0.741. The van der Waals surface area contributed by atoms with E-state index in [4.69, 9.17) is 5.26 Å². The van der Waals surface area contributed by atoms with Crippen molar-refractivity contribution >= 4 is 5.69 Å². The molecule has 0 fully saturated rings. The summed E-state index contributed by atoms with van der Waals surface area (Å²) in [4.78, 5) is 2.96. The van der Waals surface area contributed by atoms with Gasteiger partial charge in [0.15, 0.2) is 0 Å². The highest BCUT2D eigenvalue weighted by Gasteiger charge is 2.11. The molecule has 2 N–H and O–H groups in total. The second-order valence-electron chi connectivity index (χ2n) is 3.46. The molecule has 1 heterocycles. The van der Waals surface area contributed by atoms with Crippen molar-refractivity contribution in [2.45, 2.75) is 13.8 Å². The molecule has 3 nitrogen and oxygen atoms in total. The minimum atomic E-state index is 0.0786. The lowest BCUT2D eigenvalue weighted by Crippen LogP contribution is -2.17. The predicted molar refractivity (Wildman–Crippen MR) is 53.2 cm³/mol. The van der Waals surface area contributed by atoms with Gasteiger partial charge in [-0.05, 0) is 12.0 Å². The normalized spacial score (nSPS) is 12.5. The molecule has 0 aromatic carbocycles. The summed E-state index contributed by atoms with van der Waals surface area (Å²) >= 11 is 0. The molecule has 1 aromatic heterocycles. The van der Waals surface area contributed by atoms with E-state index in [-0.39, 0.29) is 5.92 Å². The van der Waals surface area contributed by atoms with Crippen molar-refractivity contribution in [2.75, 3.05) is 11.9 Å². The molecule has 0 aliphatic carbocycles. The van der Waals surface area contributed by atoms with Gasteiger partial charge in [0.25, 0.3) is 0 Å². The fourth-order valence-electron chi connectivity index (χ4n) is 1.09. The second kappa shape index (κ2) is 4.56. The Bertz CT molecular complexity index is 269. The zero-order valence-corrected chi connectivity index (χ0v) is 8.04. The van der Waals surface area contributed by atoms with Crippen LogP contribution in [0.25, 0.3) is 0 Å². The van der Waals surface area contributed by atoms with Crippen LogP contribution in [0.2, 0.25) is 0 Å². The maximum absolute atomic E-state index is 8.83. The Kier molecular flexibility index (Phi) is 3.39. The fourth-order valence-corrected chi connectivity index (χ4v) is 1.09. The maximum atomic E-state index is 8.83. The zero-order valence-electron chi connectivity index (χ0n) is 8.04. The summed E-state index contributed by atoms with van der Waals surface area (Å²) in [6.07, 6.45) is 3.74. The number of H-pyrrole nitrogens is 1. The second-order valence-corrected chi connectivity index (χ2v) is 3.46. The van der Waals surface area contributed by atoms with Crippen molar-refractivity contribution in [3.63, 3.8) is 0 Å². The van der Waals surface area contributed by atoms with Gasteiger partial charge in [-0.3, -0.25) is 0 Å². The number of aromatic nitrogens is 1. The molecule has 0 bridgehead atoms. The molecule has 3 heteroatoms. The fraction of sp³-hybridized carbons (Fsp3) is 0.500. The third-order valence-corrected chi connectivity index (χ3v) is 2.09. The molecular weight excluding hydrogens is 162 g/mol. The number of rotatable bonds is 4. The van der Waals surface area contributed by atoms with Crippen molar-refractivity contribution in [3.8, 4) is 6.07 Å². The Balaban J connectivity index is 2.38. The Morgan fingerprint density at radius 1 is 1.62 bits per heavy atom. The Morgan fingerprint density at radius 3 is 2.85 bits per heavy atom. The lowest BCUT2D eigenvalue weighted by Gasteiger charge is -2.13. The van der Waals surface area contributed by atoms with E-state index < -0.39 is 0 Å². The van der Waals surface area contributed by atoms with Gasteiger partial charge in [0.05, 0.1) is 17.7 Å². The van der Waals surface area contributed by atoms with Crippen LogP contribution in [0.15, 0.2) is 18.5 Å². The van der Waals surface area contributed by atoms with Gasteiger partial charge in [0.1, 0.15) is 0 Å². The summed E-state index contributed by atoms with van der Waals surface area (Å²) in [6.45, 7) is 4.84. The standard InChI is InChI=1S/C10H15N3/c1-8(2)9(5-11)6-13-10-3-4-12-7-10/h3-4,7-9,12-13H,6H2,1-2H3. The number of anilines is 1. The third kappa shape index (κ3) is 2.83. The molecule has 1 aromatic rings. The molecule has 0 aliphatic rings. The van der Waals surface area contributed by atoms with Crippen LogP contribution in [0.4, 0.5) is 5.69 Å². The number of nitriles is 1. The van der Waals surface area contributed by atoms with Gasteiger partial charge in [-0.2, -0.15) is 5.26 Å². The summed E-state index contributed by atoms with van der Waals surface area (Å²) in [5, 5.41) is 12.0. The molecule has 0 radical (unpaired) electrons. The van der Waals surface area contributed by atoms with Crippen LogP contribution in [0.3, 0.4) is 0 Å². The van der Waals surface area contributed by atoms with Gasteiger partial charge in [-0.1, -0.05) is 13.8 Å². The minimum absolute atomic E-state index is 0.0786. The van der Waals surface area contributed by atoms with Crippen molar-refractivity contribution in [2.24, 2.45) is 11.8 Å². The van der Waals surface area contributed by atoms with Crippen LogP contribution in [0.5, 0.6) is 0 Å². The molecule has 1 unspecified atom stereocenters. The van der Waals surface area contributed by atoms with E-state index in [1.165, 1.54) is 0 Å². The zero-order chi connectivity index (χ0) is 9.68. The number of hydrogen-bond donors (Lipinski definition) is 2. The van der Waals surface area contributed by atoms with E-state index in [9.17, 15) is 0 Å². The number of hydrogen-bond acceptors (Lipinski definition) is 2. The Morgan fingerprint density at radius 2 is 2.38 bits per heavy atom. The van der Waals surface area contributed by atoms with Crippen molar-refractivity contribution in [3.05, 3.63) is 18.5 Å². The van der Waals surface area contributed by atoms with Crippen molar-refractivity contribution in [1.82, 2.24) is 4.98 Å². The van der Waals surface area contributed by atoms with E-state index >= 15 is 0 Å². The van der Waals surface area contributed by atoms with Crippen LogP contribution in [0.1, 0.15) is 13.8 Å². The van der Waals surface area contributed by atoms with Gasteiger partial charge in [0, 0.05) is 18.9 Å². The highest BCUT2D eigenvalue weighted by molar-refractivity contribution is 5.40. The molecule has 0 saturated heterocycles. The molecule has 13 heavy (non-hydrogen) atoms. The van der Waals surface area contributed by atoms with Crippen LogP contribution in [-0.2, 0) is 0 Å². The van der Waals surface area contributed by atoms with Gasteiger partial charge in [-0.15, -0.1) is 0 Å². The lowest BCUT2D eigenvalue weighted by atomic mass is 9.98. The SMILES string of the molecule is CC(C)C(C#N)CNc1cc[nH]c1. The smallest absolute Gasteiger partial charge is 0.0677 e. The first-order valence-electron chi connectivity index (χ1n) is 4.50. The largest absolute Gasteiger partial charge is 0.382 e. The van der Waals surface area contributed by atoms with Gasteiger partial charge >= 0.3 is 0 Å². The highest BCUT2D eigenvalue weighted by atomic mass is 14.9. The first-order valence-corrected chi connectivity index (χ1v) is 4.50. The van der Waals surface area contributed by atoms with Crippen LogP contribution >= 0.6 is 0 Å². The van der Waals surface area contributed by atoms with E-state index in [0.29, 0.717) is 12.5 Å². The Labute approximate surface area is 78.8 Å². The molecule has 0 amide bonds. The first kappa shape index (κ1) is 9.66. The summed E-state index contributed by atoms with van der Waals surface area (Å²) in [6, 6.07) is 4.24.